The van der Waals surface area contributed by atoms with Crippen LogP contribution in [0.5, 0.6) is 0 Å². The van der Waals surface area contributed by atoms with Crippen LogP contribution in [0.2, 0.25) is 5.02 Å². The molecule has 0 atom stereocenters. The Labute approximate surface area is 106 Å². The minimum absolute atomic E-state index is 0. The van der Waals surface area contributed by atoms with Crippen LogP contribution in [0.1, 0.15) is 5.56 Å². The Balaban J connectivity index is 0.00000128. The average molecular weight is 255 g/mol. The fraction of sp³-hybridized carbons (Fsp3) is 0.0833. The number of nitrogens with two attached hydrogens (primary N) is 1. The van der Waals surface area contributed by atoms with Gasteiger partial charge < -0.3 is 18.1 Å². The predicted octanol–water partition coefficient (Wildman–Crippen LogP) is -0.738. The van der Waals surface area contributed by atoms with Crippen LogP contribution in [0.25, 0.3) is 0 Å². The Morgan fingerprint density at radius 1 is 1.12 bits per heavy atom. The zero-order valence-electron chi connectivity index (χ0n) is 8.61. The average Bonchev–Trinajstić information content (AvgIpc) is 2.22. The first-order chi connectivity index (χ1) is 7.24. The van der Waals surface area contributed by atoms with E-state index in [4.69, 9.17) is 17.3 Å². The van der Waals surface area contributed by atoms with Crippen molar-refractivity contribution in [2.24, 2.45) is 0 Å². The van der Waals surface area contributed by atoms with Gasteiger partial charge in [-0.2, -0.15) is 0 Å². The summed E-state index contributed by atoms with van der Waals surface area (Å²) < 4.78 is 2.06. The number of hydrogen-bond donors (Lipinski definition) is 1. The van der Waals surface area contributed by atoms with Gasteiger partial charge in [-0.15, -0.1) is 0 Å². The second-order valence-corrected chi connectivity index (χ2v) is 3.87. The highest BCUT2D eigenvalue weighted by molar-refractivity contribution is 6.30. The molecule has 2 N–H and O–H groups in total. The lowest BCUT2D eigenvalue weighted by molar-refractivity contribution is -0.688. The normalized spacial score (nSPS) is 9.56. The molecule has 0 aliphatic rings. The Hall–Kier alpha value is -1.25. The smallest absolute Gasteiger partial charge is 0.173 e. The van der Waals surface area contributed by atoms with Crippen molar-refractivity contribution in [3.63, 3.8) is 0 Å². The van der Waals surface area contributed by atoms with E-state index >= 15 is 0 Å². The van der Waals surface area contributed by atoms with Gasteiger partial charge in [-0.25, -0.2) is 4.57 Å². The van der Waals surface area contributed by atoms with Crippen LogP contribution in [0.4, 0.5) is 5.69 Å². The number of rotatable bonds is 2. The number of aromatic nitrogens is 1. The number of nitrogens with zero attached hydrogens (tertiary/aromatic N) is 1. The van der Waals surface area contributed by atoms with Crippen LogP contribution >= 0.6 is 11.6 Å². The molecule has 16 heavy (non-hydrogen) atoms. The summed E-state index contributed by atoms with van der Waals surface area (Å²) in [4.78, 5) is 0. The highest BCUT2D eigenvalue weighted by Crippen LogP contribution is 2.10. The van der Waals surface area contributed by atoms with Gasteiger partial charge in [-0.05, 0) is 12.1 Å². The molecule has 0 aliphatic carbocycles. The fourth-order valence-corrected chi connectivity index (χ4v) is 1.63. The van der Waals surface area contributed by atoms with E-state index in [2.05, 4.69) is 10.6 Å². The second-order valence-electron chi connectivity index (χ2n) is 3.43. The van der Waals surface area contributed by atoms with Crippen molar-refractivity contribution in [2.45, 2.75) is 6.54 Å². The standard InChI is InChI=1S/C12H11ClN2.ClH/c13-11-3-1-2-10(8-11)9-15-6-4-12(14)5-7-15;/h1-8,14H,9H2;1H. The molecule has 1 aromatic heterocycles. The number of anilines is 1. The molecule has 2 nitrogen and oxygen atoms in total. The summed E-state index contributed by atoms with van der Waals surface area (Å²) in [5, 5.41) is 0.767. The number of hydrogen-bond acceptors (Lipinski definition) is 1. The van der Waals surface area contributed by atoms with Crippen LogP contribution < -0.4 is 22.7 Å². The zero-order valence-corrected chi connectivity index (χ0v) is 10.1. The van der Waals surface area contributed by atoms with Crippen molar-refractivity contribution in [3.8, 4) is 0 Å². The van der Waals surface area contributed by atoms with Crippen molar-refractivity contribution in [1.29, 1.82) is 0 Å². The number of halogens is 2. The molecule has 2 rings (SSSR count). The first-order valence-corrected chi connectivity index (χ1v) is 5.11. The lowest BCUT2D eigenvalue weighted by Gasteiger charge is -1.98. The molecular weight excluding hydrogens is 243 g/mol. The highest BCUT2D eigenvalue weighted by Gasteiger charge is 2.02. The number of pyridine rings is 1. The van der Waals surface area contributed by atoms with Gasteiger partial charge >= 0.3 is 0 Å². The SMILES string of the molecule is Nc1cc[n+](Cc2cccc(Cl)c2)cc1.[Cl-]. The van der Waals surface area contributed by atoms with Gasteiger partial charge in [0.15, 0.2) is 18.9 Å². The third-order valence-corrected chi connectivity index (χ3v) is 2.41. The van der Waals surface area contributed by atoms with Gasteiger partial charge in [0.2, 0.25) is 0 Å². The molecule has 0 aliphatic heterocycles. The van der Waals surface area contributed by atoms with E-state index in [0.717, 1.165) is 17.3 Å². The molecule has 0 fully saturated rings. The minimum Gasteiger partial charge on any atom is -1.00 e. The van der Waals surface area contributed by atoms with E-state index in [9.17, 15) is 0 Å². The monoisotopic (exact) mass is 254 g/mol. The Morgan fingerprint density at radius 2 is 1.81 bits per heavy atom. The maximum Gasteiger partial charge on any atom is 0.173 e. The summed E-state index contributed by atoms with van der Waals surface area (Å²) in [5.41, 5.74) is 7.56. The van der Waals surface area contributed by atoms with Crippen LogP contribution in [0.3, 0.4) is 0 Å². The maximum absolute atomic E-state index is 5.91. The summed E-state index contributed by atoms with van der Waals surface area (Å²) in [6, 6.07) is 11.6. The summed E-state index contributed by atoms with van der Waals surface area (Å²) in [7, 11) is 0. The molecule has 1 aromatic carbocycles. The molecule has 0 saturated heterocycles. The number of benzene rings is 1. The molecule has 84 valence electrons. The molecule has 0 bridgehead atoms. The summed E-state index contributed by atoms with van der Waals surface area (Å²) in [6.07, 6.45) is 3.91. The Bertz CT molecular complexity index is 455. The van der Waals surface area contributed by atoms with E-state index < -0.39 is 0 Å². The van der Waals surface area contributed by atoms with Crippen molar-refractivity contribution in [1.82, 2.24) is 0 Å². The molecule has 0 saturated carbocycles. The summed E-state index contributed by atoms with van der Waals surface area (Å²) in [5.74, 6) is 0. The van der Waals surface area contributed by atoms with E-state index in [-0.39, 0.29) is 12.4 Å². The van der Waals surface area contributed by atoms with Gasteiger partial charge in [0, 0.05) is 28.4 Å². The molecule has 1 heterocycles. The van der Waals surface area contributed by atoms with Gasteiger partial charge in [0.1, 0.15) is 0 Å². The first-order valence-electron chi connectivity index (χ1n) is 4.73. The highest BCUT2D eigenvalue weighted by atomic mass is 35.5. The molecule has 4 heteroatoms. The van der Waals surface area contributed by atoms with Crippen LogP contribution in [-0.4, -0.2) is 0 Å². The van der Waals surface area contributed by atoms with Crippen LogP contribution in [0, 0.1) is 0 Å². The van der Waals surface area contributed by atoms with Gasteiger partial charge in [-0.3, -0.25) is 0 Å². The first kappa shape index (κ1) is 12.8. The third kappa shape index (κ3) is 3.40. The fourth-order valence-electron chi connectivity index (χ4n) is 1.42. The summed E-state index contributed by atoms with van der Waals surface area (Å²) in [6.45, 7) is 0.806. The Kier molecular flexibility index (Phi) is 4.59. The van der Waals surface area contributed by atoms with E-state index in [0.29, 0.717) is 0 Å². The molecule has 2 aromatic rings. The molecule has 0 unspecified atom stereocenters. The van der Waals surface area contributed by atoms with Gasteiger partial charge in [0.05, 0.1) is 0 Å². The minimum atomic E-state index is 0. The Morgan fingerprint density at radius 3 is 2.44 bits per heavy atom. The largest absolute Gasteiger partial charge is 1.00 e. The zero-order chi connectivity index (χ0) is 10.7. The van der Waals surface area contributed by atoms with Crippen molar-refractivity contribution in [3.05, 3.63) is 59.4 Å². The van der Waals surface area contributed by atoms with Crippen molar-refractivity contribution in [2.75, 3.05) is 5.73 Å². The third-order valence-electron chi connectivity index (χ3n) is 2.17. The topological polar surface area (TPSA) is 29.9 Å². The van der Waals surface area contributed by atoms with Crippen LogP contribution in [0.15, 0.2) is 48.8 Å². The van der Waals surface area contributed by atoms with Crippen molar-refractivity contribution >= 4 is 17.3 Å². The molecular formula is C12H12Cl2N2. The quantitative estimate of drug-likeness (QED) is 0.704. The second kappa shape index (κ2) is 5.73. The lowest BCUT2D eigenvalue weighted by atomic mass is 10.2. The molecule has 0 radical (unpaired) electrons. The maximum atomic E-state index is 5.91. The molecule has 0 spiro atoms. The van der Waals surface area contributed by atoms with Crippen molar-refractivity contribution < 1.29 is 17.0 Å². The predicted molar refractivity (Wildman–Crippen MR) is 61.6 cm³/mol. The van der Waals surface area contributed by atoms with Gasteiger partial charge in [-0.1, -0.05) is 23.7 Å². The molecule has 0 amide bonds. The lowest BCUT2D eigenvalue weighted by Crippen LogP contribution is -3.00. The van der Waals surface area contributed by atoms with E-state index in [1.807, 2.05) is 42.7 Å². The van der Waals surface area contributed by atoms with E-state index in [1.54, 1.807) is 0 Å². The van der Waals surface area contributed by atoms with Gasteiger partial charge in [0.25, 0.3) is 0 Å². The number of nitrogen functional groups attached to an aromatic ring is 1. The van der Waals surface area contributed by atoms with Crippen LogP contribution in [-0.2, 0) is 6.54 Å². The summed E-state index contributed by atoms with van der Waals surface area (Å²) >= 11 is 5.91. The van der Waals surface area contributed by atoms with E-state index in [1.165, 1.54) is 5.56 Å².